The third-order valence-corrected chi connectivity index (χ3v) is 5.24. The van der Waals surface area contributed by atoms with E-state index in [-0.39, 0.29) is 35.2 Å². The maximum atomic E-state index is 13.6. The van der Waals surface area contributed by atoms with Crippen LogP contribution in [0.3, 0.4) is 0 Å². The number of carbonyl (C=O) groups is 2. The van der Waals surface area contributed by atoms with Gasteiger partial charge in [0, 0.05) is 18.9 Å². The zero-order valence-corrected chi connectivity index (χ0v) is 14.2. The Kier molecular flexibility index (Phi) is 4.73. The molecule has 1 saturated heterocycles. The van der Waals surface area contributed by atoms with Gasteiger partial charge in [0.2, 0.25) is 11.8 Å². The Labute approximate surface area is 148 Å². The van der Waals surface area contributed by atoms with Crippen LogP contribution >= 0.6 is 0 Å². The van der Waals surface area contributed by atoms with Crippen molar-refractivity contribution in [2.45, 2.75) is 24.2 Å². The third kappa shape index (κ3) is 3.57. The molecule has 0 saturated carbocycles. The van der Waals surface area contributed by atoms with Crippen molar-refractivity contribution in [2.24, 2.45) is 0 Å². The van der Waals surface area contributed by atoms with Crippen LogP contribution in [-0.4, -0.2) is 20.2 Å². The van der Waals surface area contributed by atoms with Crippen LogP contribution in [0.1, 0.15) is 19.3 Å². The average molecular weight is 380 g/mol. The molecule has 0 bridgehead atoms. The second-order valence-corrected chi connectivity index (χ2v) is 7.38. The predicted octanol–water partition coefficient (Wildman–Crippen LogP) is 2.81. The van der Waals surface area contributed by atoms with Crippen LogP contribution < -0.4 is 9.62 Å². The van der Waals surface area contributed by atoms with E-state index in [0.717, 1.165) is 17.0 Å². The molecule has 0 atom stereocenters. The predicted molar refractivity (Wildman–Crippen MR) is 90.0 cm³/mol. The summed E-state index contributed by atoms with van der Waals surface area (Å²) in [5.41, 5.74) is -0.122. The van der Waals surface area contributed by atoms with Crippen LogP contribution in [-0.2, 0) is 19.6 Å². The minimum absolute atomic E-state index is 0.193. The highest BCUT2D eigenvalue weighted by atomic mass is 32.2. The topological polar surface area (TPSA) is 83.6 Å². The molecule has 1 fully saturated rings. The number of carbonyl (C=O) groups excluding carboxylic acids is 2. The molecule has 0 aliphatic carbocycles. The number of amides is 2. The van der Waals surface area contributed by atoms with Crippen molar-refractivity contribution in [3.05, 3.63) is 54.1 Å². The largest absolute Gasteiger partial charge is 0.277 e. The van der Waals surface area contributed by atoms with E-state index in [1.54, 1.807) is 0 Å². The van der Waals surface area contributed by atoms with Gasteiger partial charge < -0.3 is 0 Å². The van der Waals surface area contributed by atoms with Gasteiger partial charge in [0.25, 0.3) is 10.0 Å². The number of nitrogens with zero attached hydrogens (tertiary/aromatic N) is 1. The zero-order chi connectivity index (χ0) is 18.9. The maximum Gasteiger partial charge on any atom is 0.261 e. The summed E-state index contributed by atoms with van der Waals surface area (Å²) in [6.07, 6.45) is 0.988. The molecular formula is C17H14F2N2O4S. The molecule has 0 radical (unpaired) electrons. The first-order valence-corrected chi connectivity index (χ1v) is 9.20. The second-order valence-electron chi connectivity index (χ2n) is 5.70. The molecule has 0 aromatic heterocycles. The van der Waals surface area contributed by atoms with Gasteiger partial charge in [-0.1, -0.05) is 0 Å². The van der Waals surface area contributed by atoms with Gasteiger partial charge in [-0.25, -0.2) is 17.2 Å². The van der Waals surface area contributed by atoms with Crippen LogP contribution in [0.4, 0.5) is 20.2 Å². The lowest BCUT2D eigenvalue weighted by molar-refractivity contribution is -0.129. The van der Waals surface area contributed by atoms with Gasteiger partial charge in [0.1, 0.15) is 11.6 Å². The summed E-state index contributed by atoms with van der Waals surface area (Å²) in [6, 6.07) is 7.53. The Morgan fingerprint density at radius 1 is 0.923 bits per heavy atom. The standard InChI is InChI=1S/C17H14F2N2O4S/c18-11-4-9-15(14(19)10-11)20-26(24,25)13-7-5-12(6-8-13)21-16(22)2-1-3-17(21)23/h4-10,20H,1-3H2. The molecule has 9 heteroatoms. The van der Waals surface area contributed by atoms with Crippen LogP contribution in [0.2, 0.25) is 0 Å². The number of nitrogens with one attached hydrogen (secondary N) is 1. The minimum atomic E-state index is -4.12. The summed E-state index contributed by atoms with van der Waals surface area (Å²) < 4.78 is 53.3. The van der Waals surface area contributed by atoms with E-state index in [0.29, 0.717) is 12.5 Å². The van der Waals surface area contributed by atoms with Crippen molar-refractivity contribution >= 4 is 33.2 Å². The number of hydrogen-bond donors (Lipinski definition) is 1. The summed E-state index contributed by atoms with van der Waals surface area (Å²) in [7, 11) is -4.12. The first kappa shape index (κ1) is 18.0. The molecule has 0 spiro atoms. The van der Waals surface area contributed by atoms with Crippen LogP contribution in [0, 0.1) is 11.6 Å². The Morgan fingerprint density at radius 3 is 2.12 bits per heavy atom. The highest BCUT2D eigenvalue weighted by molar-refractivity contribution is 7.92. The molecule has 26 heavy (non-hydrogen) atoms. The molecule has 1 aliphatic heterocycles. The molecule has 3 rings (SSSR count). The van der Waals surface area contributed by atoms with Crippen molar-refractivity contribution in [1.82, 2.24) is 0 Å². The maximum absolute atomic E-state index is 13.6. The molecule has 1 aliphatic rings. The molecule has 2 aromatic carbocycles. The van der Waals surface area contributed by atoms with Gasteiger partial charge in [-0.05, 0) is 42.8 Å². The SMILES string of the molecule is O=C1CCCC(=O)N1c1ccc(S(=O)(=O)Nc2ccc(F)cc2F)cc1. The molecule has 0 unspecified atom stereocenters. The van der Waals surface area contributed by atoms with Gasteiger partial charge in [0.15, 0.2) is 0 Å². The lowest BCUT2D eigenvalue weighted by atomic mass is 10.1. The Balaban J connectivity index is 1.85. The molecule has 1 N–H and O–H groups in total. The number of benzene rings is 2. The van der Waals surface area contributed by atoms with Gasteiger partial charge in [-0.3, -0.25) is 19.2 Å². The van der Waals surface area contributed by atoms with E-state index < -0.39 is 27.3 Å². The highest BCUT2D eigenvalue weighted by Gasteiger charge is 2.27. The number of piperidine rings is 1. The summed E-state index contributed by atoms with van der Waals surface area (Å²) in [5, 5.41) is 0. The first-order chi connectivity index (χ1) is 12.3. The summed E-state index contributed by atoms with van der Waals surface area (Å²) in [4.78, 5) is 24.6. The van der Waals surface area contributed by atoms with Gasteiger partial charge in [-0.2, -0.15) is 0 Å². The van der Waals surface area contributed by atoms with E-state index in [1.165, 1.54) is 24.3 Å². The van der Waals surface area contributed by atoms with Crippen molar-refractivity contribution < 1.29 is 26.8 Å². The normalized spacial score (nSPS) is 15.2. The number of imide groups is 1. The van der Waals surface area contributed by atoms with E-state index in [1.807, 2.05) is 4.72 Å². The number of hydrogen-bond acceptors (Lipinski definition) is 4. The van der Waals surface area contributed by atoms with Crippen LogP contribution in [0.15, 0.2) is 47.4 Å². The van der Waals surface area contributed by atoms with Crippen LogP contribution in [0.5, 0.6) is 0 Å². The average Bonchev–Trinajstić information content (AvgIpc) is 2.58. The fraction of sp³-hybridized carbons (Fsp3) is 0.176. The molecule has 2 aromatic rings. The van der Waals surface area contributed by atoms with E-state index in [2.05, 4.69) is 0 Å². The first-order valence-electron chi connectivity index (χ1n) is 7.72. The molecule has 136 valence electrons. The third-order valence-electron chi connectivity index (χ3n) is 3.86. The fourth-order valence-corrected chi connectivity index (χ4v) is 3.66. The summed E-state index contributed by atoms with van der Waals surface area (Å²) in [6.45, 7) is 0. The quantitative estimate of drug-likeness (QED) is 0.827. The van der Waals surface area contributed by atoms with Crippen molar-refractivity contribution in [3.63, 3.8) is 0 Å². The lowest BCUT2D eigenvalue weighted by Gasteiger charge is -2.24. The highest BCUT2D eigenvalue weighted by Crippen LogP contribution is 2.25. The van der Waals surface area contributed by atoms with Gasteiger partial charge in [-0.15, -0.1) is 0 Å². The number of anilines is 2. The fourth-order valence-electron chi connectivity index (χ4n) is 2.59. The smallest absolute Gasteiger partial charge is 0.261 e. The monoisotopic (exact) mass is 380 g/mol. The number of sulfonamides is 1. The zero-order valence-electron chi connectivity index (χ0n) is 13.4. The molecule has 2 amide bonds. The second kappa shape index (κ2) is 6.83. The number of rotatable bonds is 4. The molecule has 1 heterocycles. The van der Waals surface area contributed by atoms with Crippen molar-refractivity contribution in [2.75, 3.05) is 9.62 Å². The summed E-state index contributed by atoms with van der Waals surface area (Å²) >= 11 is 0. The summed E-state index contributed by atoms with van der Waals surface area (Å²) in [5.74, 6) is -2.56. The Hall–Kier alpha value is -2.81. The van der Waals surface area contributed by atoms with E-state index >= 15 is 0 Å². The van der Waals surface area contributed by atoms with Crippen LogP contribution in [0.25, 0.3) is 0 Å². The van der Waals surface area contributed by atoms with E-state index in [4.69, 9.17) is 0 Å². The van der Waals surface area contributed by atoms with E-state index in [9.17, 15) is 26.8 Å². The van der Waals surface area contributed by atoms with Crippen molar-refractivity contribution in [1.29, 1.82) is 0 Å². The Morgan fingerprint density at radius 2 is 1.54 bits per heavy atom. The van der Waals surface area contributed by atoms with Gasteiger partial charge in [0.05, 0.1) is 16.3 Å². The molecular weight excluding hydrogens is 366 g/mol. The van der Waals surface area contributed by atoms with Gasteiger partial charge >= 0.3 is 0 Å². The molecule has 6 nitrogen and oxygen atoms in total. The lowest BCUT2D eigenvalue weighted by Crippen LogP contribution is -2.40. The van der Waals surface area contributed by atoms with Crippen molar-refractivity contribution in [3.8, 4) is 0 Å². The minimum Gasteiger partial charge on any atom is -0.277 e. The number of halogens is 2. The Bertz CT molecular complexity index is 959.